The van der Waals surface area contributed by atoms with Crippen LogP contribution in [0.15, 0.2) is 48.7 Å². The van der Waals surface area contributed by atoms with Crippen molar-refractivity contribution in [2.75, 3.05) is 5.32 Å². The number of amides is 1. The Balaban J connectivity index is 1.97. The lowest BCUT2D eigenvalue weighted by Crippen LogP contribution is -2.13. The van der Waals surface area contributed by atoms with Crippen LogP contribution < -0.4 is 5.32 Å². The molecule has 0 aliphatic heterocycles. The van der Waals surface area contributed by atoms with Gasteiger partial charge in [-0.05, 0) is 37.6 Å². The second-order valence-electron chi connectivity index (χ2n) is 5.31. The molecule has 22 heavy (non-hydrogen) atoms. The number of fused-ring (bicyclic) bond motifs is 1. The van der Waals surface area contributed by atoms with Crippen molar-refractivity contribution in [2.24, 2.45) is 0 Å². The molecule has 2 aromatic carbocycles. The summed E-state index contributed by atoms with van der Waals surface area (Å²) in [5.41, 5.74) is 3.48. The Morgan fingerprint density at radius 3 is 2.73 bits per heavy atom. The van der Waals surface area contributed by atoms with Gasteiger partial charge >= 0.3 is 0 Å². The Labute approximate surface area is 128 Å². The number of carbonyl (C=O) groups excluding carboxylic acids is 1. The van der Waals surface area contributed by atoms with E-state index in [1.165, 1.54) is 0 Å². The Kier molecular flexibility index (Phi) is 3.51. The average molecular weight is 292 g/mol. The number of anilines is 1. The highest BCUT2D eigenvalue weighted by Crippen LogP contribution is 2.27. The zero-order chi connectivity index (χ0) is 15.7. The first-order chi connectivity index (χ1) is 10.6. The number of rotatable bonds is 2. The van der Waals surface area contributed by atoms with Crippen LogP contribution in [0.25, 0.3) is 10.9 Å². The first-order valence-corrected chi connectivity index (χ1v) is 7.01. The molecule has 0 bridgehead atoms. The smallest absolute Gasteiger partial charge is 0.259 e. The van der Waals surface area contributed by atoms with E-state index in [0.717, 1.165) is 22.2 Å². The van der Waals surface area contributed by atoms with Crippen molar-refractivity contribution in [1.82, 2.24) is 4.98 Å². The van der Waals surface area contributed by atoms with Gasteiger partial charge in [0.05, 0.1) is 5.56 Å². The maximum absolute atomic E-state index is 12.4. The van der Waals surface area contributed by atoms with E-state index < -0.39 is 0 Å². The molecule has 4 heteroatoms. The molecule has 0 atom stereocenters. The summed E-state index contributed by atoms with van der Waals surface area (Å²) >= 11 is 0. The van der Waals surface area contributed by atoms with E-state index in [1.54, 1.807) is 24.4 Å². The summed E-state index contributed by atoms with van der Waals surface area (Å²) in [5.74, 6) is -0.447. The Morgan fingerprint density at radius 1 is 1.14 bits per heavy atom. The molecular weight excluding hydrogens is 276 g/mol. The number of nitrogens with one attached hydrogen (secondary N) is 1. The zero-order valence-electron chi connectivity index (χ0n) is 12.4. The fourth-order valence-electron chi connectivity index (χ4n) is 2.46. The topological polar surface area (TPSA) is 62.2 Å². The largest absolute Gasteiger partial charge is 0.505 e. The van der Waals surface area contributed by atoms with Crippen molar-refractivity contribution in [2.45, 2.75) is 13.8 Å². The van der Waals surface area contributed by atoms with Crippen molar-refractivity contribution in [1.29, 1.82) is 0 Å². The highest BCUT2D eigenvalue weighted by Gasteiger charge is 2.15. The molecule has 0 unspecified atom stereocenters. The molecule has 0 saturated carbocycles. The second kappa shape index (κ2) is 5.48. The van der Waals surface area contributed by atoms with Crippen molar-refractivity contribution >= 4 is 22.5 Å². The van der Waals surface area contributed by atoms with Crippen LogP contribution in [-0.2, 0) is 0 Å². The number of aromatic hydroxyl groups is 1. The van der Waals surface area contributed by atoms with Gasteiger partial charge in [0.2, 0.25) is 0 Å². The van der Waals surface area contributed by atoms with Crippen molar-refractivity contribution in [3.63, 3.8) is 0 Å². The Hall–Kier alpha value is -2.88. The minimum Gasteiger partial charge on any atom is -0.505 e. The lowest BCUT2D eigenvalue weighted by Gasteiger charge is -2.11. The first kappa shape index (κ1) is 14.1. The summed E-state index contributed by atoms with van der Waals surface area (Å²) in [4.78, 5) is 16.5. The van der Waals surface area contributed by atoms with Crippen LogP contribution in [0.5, 0.6) is 5.75 Å². The summed E-state index contributed by atoms with van der Waals surface area (Å²) in [6.07, 6.45) is 1.59. The summed E-state index contributed by atoms with van der Waals surface area (Å²) in [7, 11) is 0. The van der Waals surface area contributed by atoms with Crippen LogP contribution in [0.2, 0.25) is 0 Å². The number of hydrogen-bond acceptors (Lipinski definition) is 3. The molecule has 2 N–H and O–H groups in total. The highest BCUT2D eigenvalue weighted by molar-refractivity contribution is 6.09. The summed E-state index contributed by atoms with van der Waals surface area (Å²) in [5, 5.41) is 13.9. The van der Waals surface area contributed by atoms with Gasteiger partial charge in [-0.1, -0.05) is 29.8 Å². The molecular formula is C18H16N2O2. The van der Waals surface area contributed by atoms with Crippen molar-refractivity contribution < 1.29 is 9.90 Å². The Morgan fingerprint density at radius 2 is 1.95 bits per heavy atom. The molecule has 3 rings (SSSR count). The molecule has 1 amide bonds. The number of benzene rings is 2. The number of hydrogen-bond donors (Lipinski definition) is 2. The highest BCUT2D eigenvalue weighted by atomic mass is 16.3. The predicted molar refractivity (Wildman–Crippen MR) is 87.3 cm³/mol. The lowest BCUT2D eigenvalue weighted by atomic mass is 10.1. The van der Waals surface area contributed by atoms with Crippen LogP contribution >= 0.6 is 0 Å². The van der Waals surface area contributed by atoms with Crippen molar-refractivity contribution in [3.8, 4) is 5.75 Å². The molecule has 0 aliphatic carbocycles. The minimum atomic E-state index is -0.350. The Bertz CT molecular complexity index is 872. The van der Waals surface area contributed by atoms with E-state index in [9.17, 15) is 9.90 Å². The lowest BCUT2D eigenvalue weighted by molar-refractivity contribution is 0.102. The second-order valence-corrected chi connectivity index (χ2v) is 5.31. The van der Waals surface area contributed by atoms with Gasteiger partial charge in [0.15, 0.2) is 5.75 Å². The van der Waals surface area contributed by atoms with E-state index in [4.69, 9.17) is 0 Å². The number of aromatic nitrogens is 1. The molecule has 1 aromatic heterocycles. The van der Waals surface area contributed by atoms with Gasteiger partial charge in [-0.15, -0.1) is 0 Å². The number of carbonyl (C=O) groups is 1. The first-order valence-electron chi connectivity index (χ1n) is 7.01. The molecule has 0 aliphatic rings. The number of phenolic OH excluding ortho intramolecular Hbond substituents is 1. The molecule has 0 radical (unpaired) electrons. The van der Waals surface area contributed by atoms with Crippen LogP contribution in [0.3, 0.4) is 0 Å². The van der Waals surface area contributed by atoms with E-state index in [1.807, 2.05) is 38.1 Å². The molecule has 110 valence electrons. The third-order valence-corrected chi connectivity index (χ3v) is 3.62. The molecule has 4 nitrogen and oxygen atoms in total. The van der Waals surface area contributed by atoms with E-state index in [-0.39, 0.29) is 17.2 Å². The third kappa shape index (κ3) is 2.51. The number of phenols is 1. The van der Waals surface area contributed by atoms with Crippen LogP contribution in [0.4, 0.5) is 5.69 Å². The molecule has 0 spiro atoms. The summed E-state index contributed by atoms with van der Waals surface area (Å²) < 4.78 is 0. The molecule has 1 heterocycles. The van der Waals surface area contributed by atoms with E-state index >= 15 is 0 Å². The number of nitrogens with zero attached hydrogens (tertiary/aromatic N) is 1. The van der Waals surface area contributed by atoms with Gasteiger partial charge in [0.25, 0.3) is 5.91 Å². The standard InChI is InChI=1S/C18H16N2O2/c1-11-5-8-15(12(2)10-11)20-18(22)14-7-6-13-4-3-9-19-16(13)17(14)21/h3-10,21H,1-2H3,(H,20,22). The maximum Gasteiger partial charge on any atom is 0.259 e. The van der Waals surface area contributed by atoms with Crippen LogP contribution in [-0.4, -0.2) is 16.0 Å². The number of pyridine rings is 1. The van der Waals surface area contributed by atoms with Gasteiger partial charge in [-0.25, -0.2) is 0 Å². The fraction of sp³-hybridized carbons (Fsp3) is 0.111. The quantitative estimate of drug-likeness (QED) is 0.755. The normalized spacial score (nSPS) is 10.6. The molecule has 3 aromatic rings. The zero-order valence-corrected chi connectivity index (χ0v) is 12.4. The average Bonchev–Trinajstić information content (AvgIpc) is 2.50. The number of aryl methyl sites for hydroxylation is 2. The molecule has 0 fully saturated rings. The van der Waals surface area contributed by atoms with Gasteiger partial charge in [-0.2, -0.15) is 0 Å². The van der Waals surface area contributed by atoms with Gasteiger partial charge in [0, 0.05) is 17.3 Å². The third-order valence-electron chi connectivity index (χ3n) is 3.62. The van der Waals surface area contributed by atoms with Gasteiger partial charge in [-0.3, -0.25) is 9.78 Å². The van der Waals surface area contributed by atoms with Crippen LogP contribution in [0.1, 0.15) is 21.5 Å². The van der Waals surface area contributed by atoms with E-state index in [0.29, 0.717) is 5.52 Å². The fourth-order valence-corrected chi connectivity index (χ4v) is 2.46. The maximum atomic E-state index is 12.4. The monoisotopic (exact) mass is 292 g/mol. The molecule has 0 saturated heterocycles. The van der Waals surface area contributed by atoms with Gasteiger partial charge < -0.3 is 10.4 Å². The summed E-state index contributed by atoms with van der Waals surface area (Å²) in [6, 6.07) is 12.8. The summed E-state index contributed by atoms with van der Waals surface area (Å²) in [6.45, 7) is 3.93. The SMILES string of the molecule is Cc1ccc(NC(=O)c2ccc3cccnc3c2O)c(C)c1. The van der Waals surface area contributed by atoms with Crippen molar-refractivity contribution in [3.05, 3.63) is 65.4 Å². The minimum absolute atomic E-state index is 0.0969. The van der Waals surface area contributed by atoms with Gasteiger partial charge in [0.1, 0.15) is 5.52 Å². The predicted octanol–water partition coefficient (Wildman–Crippen LogP) is 3.81. The van der Waals surface area contributed by atoms with Crippen LogP contribution in [0, 0.1) is 13.8 Å². The van der Waals surface area contributed by atoms with E-state index in [2.05, 4.69) is 10.3 Å².